The van der Waals surface area contributed by atoms with Crippen molar-refractivity contribution in [2.75, 3.05) is 17.7 Å². The second kappa shape index (κ2) is 11.0. The van der Waals surface area contributed by atoms with Crippen LogP contribution < -0.4 is 15.4 Å². The normalized spacial score (nSPS) is 13.0. The van der Waals surface area contributed by atoms with Gasteiger partial charge in [-0.3, -0.25) is 24.1 Å². The average Bonchev–Trinajstić information content (AvgIpc) is 3.22. The summed E-state index contributed by atoms with van der Waals surface area (Å²) in [5, 5.41) is 5.60. The van der Waals surface area contributed by atoms with E-state index in [2.05, 4.69) is 10.6 Å². The van der Waals surface area contributed by atoms with Crippen LogP contribution in [0.25, 0.3) is 0 Å². The first-order valence-electron chi connectivity index (χ1n) is 12.3. The van der Waals surface area contributed by atoms with Crippen LogP contribution in [-0.4, -0.2) is 41.7 Å². The maximum atomic E-state index is 13.8. The molecule has 194 valence electrons. The summed E-state index contributed by atoms with van der Waals surface area (Å²) in [6.45, 7) is 0. The Labute approximate surface area is 225 Å². The number of amides is 4. The first-order chi connectivity index (χ1) is 19.0. The highest BCUT2D eigenvalue weighted by atomic mass is 16.5. The van der Waals surface area contributed by atoms with Gasteiger partial charge in [0.25, 0.3) is 17.7 Å². The number of nitrogens with one attached hydrogen (secondary N) is 2. The number of methoxy groups -OCH3 is 1. The molecule has 1 atom stereocenters. The van der Waals surface area contributed by atoms with Crippen LogP contribution in [0.4, 0.5) is 11.4 Å². The smallest absolute Gasteiger partial charge is 0.262 e. The highest BCUT2D eigenvalue weighted by Crippen LogP contribution is 2.28. The molecule has 5 rings (SSSR count). The Morgan fingerprint density at radius 1 is 0.718 bits per heavy atom. The number of para-hydroxylation sites is 3. The number of rotatable bonds is 8. The Bertz CT molecular complexity index is 1530. The minimum atomic E-state index is -1.15. The molecule has 0 aromatic heterocycles. The molecule has 8 nitrogen and oxygen atoms in total. The molecule has 0 saturated heterocycles. The van der Waals surface area contributed by atoms with Crippen molar-refractivity contribution in [3.8, 4) is 5.75 Å². The van der Waals surface area contributed by atoms with Gasteiger partial charge in [-0.1, -0.05) is 66.7 Å². The predicted octanol–water partition coefficient (Wildman–Crippen LogP) is 4.79. The SMILES string of the molecule is COc1ccccc1NC(=O)c1ccccc1NC(=O)[C@@H](Cc1ccccc1)N1C(=O)c2ccccc2C1=O. The monoisotopic (exact) mass is 519 g/mol. The van der Waals surface area contributed by atoms with E-state index in [0.717, 1.165) is 10.5 Å². The van der Waals surface area contributed by atoms with Gasteiger partial charge < -0.3 is 15.4 Å². The topological polar surface area (TPSA) is 105 Å². The lowest BCUT2D eigenvalue weighted by Crippen LogP contribution is -2.48. The van der Waals surface area contributed by atoms with Gasteiger partial charge in [-0.05, 0) is 42.0 Å². The number of hydrogen-bond acceptors (Lipinski definition) is 5. The summed E-state index contributed by atoms with van der Waals surface area (Å²) in [5.41, 5.74) is 2.20. The highest BCUT2D eigenvalue weighted by Gasteiger charge is 2.42. The summed E-state index contributed by atoms with van der Waals surface area (Å²) in [5.74, 6) is -1.63. The van der Waals surface area contributed by atoms with Crippen molar-refractivity contribution in [3.63, 3.8) is 0 Å². The molecular weight excluding hydrogens is 494 g/mol. The van der Waals surface area contributed by atoms with Crippen molar-refractivity contribution >= 4 is 35.0 Å². The minimum Gasteiger partial charge on any atom is -0.495 e. The molecule has 1 heterocycles. The molecule has 4 amide bonds. The van der Waals surface area contributed by atoms with Crippen LogP contribution in [0.5, 0.6) is 5.75 Å². The van der Waals surface area contributed by atoms with Crippen LogP contribution in [-0.2, 0) is 11.2 Å². The lowest BCUT2D eigenvalue weighted by Gasteiger charge is -2.26. The van der Waals surface area contributed by atoms with Gasteiger partial charge in [0.2, 0.25) is 5.91 Å². The van der Waals surface area contributed by atoms with Crippen LogP contribution >= 0.6 is 0 Å². The molecule has 4 aromatic rings. The Kier molecular flexibility index (Phi) is 7.18. The number of hydrogen-bond donors (Lipinski definition) is 2. The molecule has 0 aliphatic carbocycles. The molecule has 39 heavy (non-hydrogen) atoms. The van der Waals surface area contributed by atoms with Gasteiger partial charge in [-0.2, -0.15) is 0 Å². The van der Waals surface area contributed by atoms with Gasteiger partial charge in [0.15, 0.2) is 0 Å². The average molecular weight is 520 g/mol. The summed E-state index contributed by atoms with van der Waals surface area (Å²) in [7, 11) is 1.51. The fraction of sp³-hybridized carbons (Fsp3) is 0.0968. The number of ether oxygens (including phenoxy) is 1. The number of carbonyl (C=O) groups excluding carboxylic acids is 4. The van der Waals surface area contributed by atoms with Crippen LogP contribution in [0, 0.1) is 0 Å². The first-order valence-corrected chi connectivity index (χ1v) is 12.3. The van der Waals surface area contributed by atoms with Crippen molar-refractivity contribution in [1.29, 1.82) is 0 Å². The summed E-state index contributed by atoms with van der Waals surface area (Å²) >= 11 is 0. The van der Waals surface area contributed by atoms with Crippen molar-refractivity contribution in [2.45, 2.75) is 12.5 Å². The fourth-order valence-electron chi connectivity index (χ4n) is 4.57. The van der Waals surface area contributed by atoms with Gasteiger partial charge in [-0.25, -0.2) is 0 Å². The summed E-state index contributed by atoms with van der Waals surface area (Å²) in [6.07, 6.45) is 0.105. The number of anilines is 2. The first kappa shape index (κ1) is 25.4. The van der Waals surface area contributed by atoms with E-state index in [0.29, 0.717) is 11.4 Å². The van der Waals surface area contributed by atoms with Gasteiger partial charge >= 0.3 is 0 Å². The number of fused-ring (bicyclic) bond motifs is 1. The standard InChI is InChI=1S/C31H25N3O5/c1-39-27-18-10-9-17-25(27)33-28(35)23-15-7-8-16-24(23)32-29(36)26(19-20-11-3-2-4-12-20)34-30(37)21-13-5-6-14-22(21)31(34)38/h2-18,26H,19H2,1H3,(H,32,36)(H,33,35)/t26-/m1/s1. The van der Waals surface area contributed by atoms with Gasteiger partial charge in [0.1, 0.15) is 11.8 Å². The Balaban J connectivity index is 1.45. The Morgan fingerprint density at radius 2 is 1.28 bits per heavy atom. The van der Waals surface area contributed by atoms with E-state index >= 15 is 0 Å². The van der Waals surface area contributed by atoms with E-state index in [9.17, 15) is 19.2 Å². The zero-order valence-corrected chi connectivity index (χ0v) is 21.1. The third-order valence-corrected chi connectivity index (χ3v) is 6.50. The van der Waals surface area contributed by atoms with Crippen LogP contribution in [0.3, 0.4) is 0 Å². The molecule has 2 N–H and O–H groups in total. The number of imide groups is 1. The van der Waals surface area contributed by atoms with Crippen LogP contribution in [0.1, 0.15) is 36.6 Å². The van der Waals surface area contributed by atoms with Gasteiger partial charge in [0, 0.05) is 6.42 Å². The van der Waals surface area contributed by atoms with Crippen molar-refractivity contribution in [1.82, 2.24) is 4.90 Å². The van der Waals surface area contributed by atoms with Crippen LogP contribution in [0.15, 0.2) is 103 Å². The van der Waals surface area contributed by atoms with E-state index in [1.807, 2.05) is 30.3 Å². The Morgan fingerprint density at radius 3 is 1.95 bits per heavy atom. The largest absolute Gasteiger partial charge is 0.495 e. The minimum absolute atomic E-state index is 0.105. The van der Waals surface area contributed by atoms with E-state index in [1.165, 1.54) is 7.11 Å². The zero-order valence-electron chi connectivity index (χ0n) is 21.1. The summed E-state index contributed by atoms with van der Waals surface area (Å²) in [6, 6.07) is 28.0. The van der Waals surface area contributed by atoms with Crippen molar-refractivity contribution in [2.24, 2.45) is 0 Å². The zero-order chi connectivity index (χ0) is 27.4. The van der Waals surface area contributed by atoms with Gasteiger partial charge in [-0.15, -0.1) is 0 Å². The van der Waals surface area contributed by atoms with E-state index in [1.54, 1.807) is 72.8 Å². The Hall–Kier alpha value is -5.24. The quantitative estimate of drug-likeness (QED) is 0.326. The molecular formula is C31H25N3O5. The maximum absolute atomic E-state index is 13.8. The van der Waals surface area contributed by atoms with Gasteiger partial charge in [0.05, 0.1) is 35.2 Å². The fourth-order valence-corrected chi connectivity index (χ4v) is 4.57. The number of carbonyl (C=O) groups is 4. The second-order valence-electron chi connectivity index (χ2n) is 8.92. The molecule has 0 spiro atoms. The lowest BCUT2D eigenvalue weighted by molar-refractivity contribution is -0.119. The van der Waals surface area contributed by atoms with E-state index in [4.69, 9.17) is 4.74 Å². The second-order valence-corrected chi connectivity index (χ2v) is 8.92. The number of benzene rings is 4. The molecule has 0 saturated carbocycles. The molecule has 0 bridgehead atoms. The molecule has 8 heteroatoms. The third kappa shape index (κ3) is 5.13. The summed E-state index contributed by atoms with van der Waals surface area (Å²) < 4.78 is 5.31. The van der Waals surface area contributed by atoms with Crippen molar-refractivity contribution in [3.05, 3.63) is 125 Å². The molecule has 0 fully saturated rings. The van der Waals surface area contributed by atoms with Crippen LogP contribution in [0.2, 0.25) is 0 Å². The maximum Gasteiger partial charge on any atom is 0.262 e. The highest BCUT2D eigenvalue weighted by molar-refractivity contribution is 6.23. The molecule has 0 radical (unpaired) electrons. The molecule has 1 aliphatic heterocycles. The van der Waals surface area contributed by atoms with E-state index in [-0.39, 0.29) is 28.8 Å². The predicted molar refractivity (Wildman–Crippen MR) is 147 cm³/mol. The molecule has 1 aliphatic rings. The third-order valence-electron chi connectivity index (χ3n) is 6.50. The number of nitrogens with zero attached hydrogens (tertiary/aromatic N) is 1. The summed E-state index contributed by atoms with van der Waals surface area (Å²) in [4.78, 5) is 54.6. The van der Waals surface area contributed by atoms with E-state index < -0.39 is 29.7 Å². The molecule has 0 unspecified atom stereocenters. The van der Waals surface area contributed by atoms with Crippen molar-refractivity contribution < 1.29 is 23.9 Å². The lowest BCUT2D eigenvalue weighted by atomic mass is 10.0. The molecule has 4 aromatic carbocycles.